The zero-order valence-electron chi connectivity index (χ0n) is 11.7. The molecular formula is C16H27N. The molecule has 96 valence electrons. The Balaban J connectivity index is 3.04. The standard InChI is InChI=1S/C16H27N/c1-5-16(6-2,15(17)12-13(3)4)14-10-8-7-9-11-14/h7-11,13,15H,5-6,12,17H2,1-4H3. The van der Waals surface area contributed by atoms with E-state index in [2.05, 4.69) is 58.0 Å². The van der Waals surface area contributed by atoms with Crippen LogP contribution in [0, 0.1) is 5.92 Å². The zero-order chi connectivity index (χ0) is 12.9. The SMILES string of the molecule is CCC(CC)(c1ccccc1)C(N)CC(C)C. The summed E-state index contributed by atoms with van der Waals surface area (Å²) < 4.78 is 0. The van der Waals surface area contributed by atoms with Crippen LogP contribution in [-0.2, 0) is 5.41 Å². The maximum absolute atomic E-state index is 6.51. The lowest BCUT2D eigenvalue weighted by Crippen LogP contribution is -2.45. The van der Waals surface area contributed by atoms with Crippen LogP contribution in [0.2, 0.25) is 0 Å². The Hall–Kier alpha value is -0.820. The summed E-state index contributed by atoms with van der Waals surface area (Å²) >= 11 is 0. The van der Waals surface area contributed by atoms with E-state index in [0.29, 0.717) is 5.92 Å². The smallest absolute Gasteiger partial charge is 0.0138 e. The minimum atomic E-state index is 0.144. The molecule has 0 spiro atoms. The van der Waals surface area contributed by atoms with Crippen molar-refractivity contribution in [3.05, 3.63) is 35.9 Å². The molecule has 0 aliphatic rings. The lowest BCUT2D eigenvalue weighted by molar-refractivity contribution is 0.282. The summed E-state index contributed by atoms with van der Waals surface area (Å²) in [7, 11) is 0. The Labute approximate surface area is 106 Å². The Bertz CT molecular complexity index is 312. The summed E-state index contributed by atoms with van der Waals surface area (Å²) in [5, 5.41) is 0. The van der Waals surface area contributed by atoms with E-state index >= 15 is 0 Å². The molecular weight excluding hydrogens is 206 g/mol. The van der Waals surface area contributed by atoms with Gasteiger partial charge >= 0.3 is 0 Å². The predicted molar refractivity (Wildman–Crippen MR) is 76.1 cm³/mol. The van der Waals surface area contributed by atoms with E-state index in [4.69, 9.17) is 5.73 Å². The fourth-order valence-electron chi connectivity index (χ4n) is 2.90. The first kappa shape index (κ1) is 14.2. The topological polar surface area (TPSA) is 26.0 Å². The fourth-order valence-corrected chi connectivity index (χ4v) is 2.90. The lowest BCUT2D eigenvalue weighted by Gasteiger charge is -2.39. The Morgan fingerprint density at radius 2 is 1.59 bits per heavy atom. The molecule has 17 heavy (non-hydrogen) atoms. The number of nitrogens with two attached hydrogens (primary N) is 1. The lowest BCUT2D eigenvalue weighted by atomic mass is 9.68. The predicted octanol–water partition coefficient (Wildman–Crippen LogP) is 4.12. The van der Waals surface area contributed by atoms with Crippen LogP contribution in [-0.4, -0.2) is 6.04 Å². The highest BCUT2D eigenvalue weighted by molar-refractivity contribution is 5.27. The van der Waals surface area contributed by atoms with Crippen LogP contribution >= 0.6 is 0 Å². The first-order valence-corrected chi connectivity index (χ1v) is 6.88. The van der Waals surface area contributed by atoms with Gasteiger partial charge in [0.2, 0.25) is 0 Å². The Morgan fingerprint density at radius 1 is 1.06 bits per heavy atom. The van der Waals surface area contributed by atoms with Crippen LogP contribution in [0.1, 0.15) is 52.5 Å². The molecule has 0 bridgehead atoms. The quantitative estimate of drug-likeness (QED) is 0.786. The van der Waals surface area contributed by atoms with Gasteiger partial charge in [0, 0.05) is 11.5 Å². The van der Waals surface area contributed by atoms with Crippen LogP contribution in [0.4, 0.5) is 0 Å². The van der Waals surface area contributed by atoms with Crippen LogP contribution in [0.3, 0.4) is 0 Å². The zero-order valence-corrected chi connectivity index (χ0v) is 11.7. The highest BCUT2D eigenvalue weighted by Gasteiger charge is 2.35. The Kier molecular flexibility index (Phi) is 5.20. The molecule has 1 atom stereocenters. The summed E-state index contributed by atoms with van der Waals surface area (Å²) in [4.78, 5) is 0. The van der Waals surface area contributed by atoms with Crippen molar-refractivity contribution in [3.8, 4) is 0 Å². The van der Waals surface area contributed by atoms with Gasteiger partial charge in [-0.2, -0.15) is 0 Å². The molecule has 1 rings (SSSR count). The van der Waals surface area contributed by atoms with Gasteiger partial charge in [-0.25, -0.2) is 0 Å². The molecule has 0 fully saturated rings. The van der Waals surface area contributed by atoms with Gasteiger partial charge in [-0.05, 0) is 30.7 Å². The molecule has 1 aromatic carbocycles. The van der Waals surface area contributed by atoms with Crippen LogP contribution in [0.15, 0.2) is 30.3 Å². The highest BCUT2D eigenvalue weighted by Crippen LogP contribution is 2.36. The molecule has 1 heteroatoms. The van der Waals surface area contributed by atoms with Crippen LogP contribution < -0.4 is 5.73 Å². The van der Waals surface area contributed by atoms with Crippen molar-refractivity contribution in [2.75, 3.05) is 0 Å². The maximum Gasteiger partial charge on any atom is 0.0138 e. The summed E-state index contributed by atoms with van der Waals surface area (Å²) in [6.07, 6.45) is 3.32. The highest BCUT2D eigenvalue weighted by atomic mass is 14.7. The molecule has 0 aliphatic heterocycles. The fraction of sp³-hybridized carbons (Fsp3) is 0.625. The van der Waals surface area contributed by atoms with E-state index in [0.717, 1.165) is 19.3 Å². The molecule has 0 heterocycles. The van der Waals surface area contributed by atoms with E-state index < -0.39 is 0 Å². The molecule has 0 saturated carbocycles. The molecule has 0 aliphatic carbocycles. The minimum Gasteiger partial charge on any atom is -0.327 e. The van der Waals surface area contributed by atoms with Gasteiger partial charge in [-0.3, -0.25) is 0 Å². The first-order valence-electron chi connectivity index (χ1n) is 6.88. The van der Waals surface area contributed by atoms with Gasteiger partial charge in [0.15, 0.2) is 0 Å². The second-order valence-electron chi connectivity index (χ2n) is 5.47. The molecule has 0 amide bonds. The van der Waals surface area contributed by atoms with E-state index in [1.54, 1.807) is 0 Å². The summed E-state index contributed by atoms with van der Waals surface area (Å²) in [5.74, 6) is 0.659. The third-order valence-electron chi connectivity index (χ3n) is 4.05. The van der Waals surface area contributed by atoms with Crippen molar-refractivity contribution in [2.45, 2.75) is 58.4 Å². The number of hydrogen-bond acceptors (Lipinski definition) is 1. The molecule has 2 N–H and O–H groups in total. The van der Waals surface area contributed by atoms with E-state index in [-0.39, 0.29) is 11.5 Å². The van der Waals surface area contributed by atoms with E-state index in [1.165, 1.54) is 5.56 Å². The maximum atomic E-state index is 6.51. The molecule has 0 saturated heterocycles. The first-order chi connectivity index (χ1) is 8.06. The average Bonchev–Trinajstić information content (AvgIpc) is 2.32. The summed E-state index contributed by atoms with van der Waals surface area (Å²) in [5.41, 5.74) is 8.05. The van der Waals surface area contributed by atoms with Gasteiger partial charge < -0.3 is 5.73 Å². The van der Waals surface area contributed by atoms with E-state index in [1.807, 2.05) is 0 Å². The van der Waals surface area contributed by atoms with Gasteiger partial charge in [0.1, 0.15) is 0 Å². The summed E-state index contributed by atoms with van der Waals surface area (Å²) in [6.45, 7) is 9.02. The molecule has 1 nitrogen and oxygen atoms in total. The van der Waals surface area contributed by atoms with Crippen molar-refractivity contribution in [2.24, 2.45) is 11.7 Å². The largest absolute Gasteiger partial charge is 0.327 e. The molecule has 0 aromatic heterocycles. The third kappa shape index (κ3) is 3.10. The molecule has 0 radical (unpaired) electrons. The molecule has 1 aromatic rings. The third-order valence-corrected chi connectivity index (χ3v) is 4.05. The minimum absolute atomic E-state index is 0.144. The normalized spacial score (nSPS) is 14.0. The van der Waals surface area contributed by atoms with E-state index in [9.17, 15) is 0 Å². The van der Waals surface area contributed by atoms with Crippen molar-refractivity contribution < 1.29 is 0 Å². The summed E-state index contributed by atoms with van der Waals surface area (Å²) in [6, 6.07) is 11.0. The second-order valence-corrected chi connectivity index (χ2v) is 5.47. The van der Waals surface area contributed by atoms with Crippen LogP contribution in [0.5, 0.6) is 0 Å². The number of hydrogen-bond donors (Lipinski definition) is 1. The number of benzene rings is 1. The monoisotopic (exact) mass is 233 g/mol. The average molecular weight is 233 g/mol. The number of rotatable bonds is 6. The van der Waals surface area contributed by atoms with Gasteiger partial charge in [-0.1, -0.05) is 58.0 Å². The van der Waals surface area contributed by atoms with Gasteiger partial charge in [0.05, 0.1) is 0 Å². The molecule has 1 unspecified atom stereocenters. The van der Waals surface area contributed by atoms with Gasteiger partial charge in [0.25, 0.3) is 0 Å². The van der Waals surface area contributed by atoms with Crippen molar-refractivity contribution in [1.82, 2.24) is 0 Å². The van der Waals surface area contributed by atoms with Gasteiger partial charge in [-0.15, -0.1) is 0 Å². The van der Waals surface area contributed by atoms with Crippen molar-refractivity contribution >= 4 is 0 Å². The van der Waals surface area contributed by atoms with Crippen molar-refractivity contribution in [3.63, 3.8) is 0 Å². The van der Waals surface area contributed by atoms with Crippen molar-refractivity contribution in [1.29, 1.82) is 0 Å². The van der Waals surface area contributed by atoms with Crippen LogP contribution in [0.25, 0.3) is 0 Å². The Morgan fingerprint density at radius 3 is 2.00 bits per heavy atom. The second kappa shape index (κ2) is 6.20.